The number of fused-ring (bicyclic) bond motifs is 4. The number of aromatic nitrogens is 2. The van der Waals surface area contributed by atoms with Gasteiger partial charge in [0, 0.05) is 17.5 Å². The summed E-state index contributed by atoms with van der Waals surface area (Å²) in [5, 5.41) is 3.86. The summed E-state index contributed by atoms with van der Waals surface area (Å²) >= 11 is 7.45. The van der Waals surface area contributed by atoms with E-state index in [2.05, 4.69) is 30.1 Å². The van der Waals surface area contributed by atoms with Gasteiger partial charge in [0.15, 0.2) is 5.16 Å². The zero-order valence-electron chi connectivity index (χ0n) is 19.6. The van der Waals surface area contributed by atoms with Gasteiger partial charge in [-0.3, -0.25) is 14.2 Å². The van der Waals surface area contributed by atoms with E-state index >= 15 is 0 Å². The number of thioether (sulfide) groups is 1. The van der Waals surface area contributed by atoms with E-state index < -0.39 is 0 Å². The number of halogens is 1. The lowest BCUT2D eigenvalue weighted by Gasteiger charge is -2.42. The van der Waals surface area contributed by atoms with E-state index in [0.717, 1.165) is 48.9 Å². The average molecular weight is 506 g/mol. The van der Waals surface area contributed by atoms with Crippen molar-refractivity contribution in [2.24, 2.45) is 0 Å². The van der Waals surface area contributed by atoms with Crippen LogP contribution in [-0.2, 0) is 23.2 Å². The predicted octanol–water partition coefficient (Wildman–Crippen LogP) is 6.24. The number of benzene rings is 2. The monoisotopic (exact) mass is 505 g/mol. The minimum atomic E-state index is -0.204. The molecule has 0 unspecified atom stereocenters. The van der Waals surface area contributed by atoms with Crippen LogP contribution in [0.3, 0.4) is 0 Å². The highest BCUT2D eigenvalue weighted by Gasteiger charge is 2.43. The Hall–Kier alpha value is -2.83. The molecule has 2 aliphatic rings. The molecule has 0 radical (unpaired) electrons. The number of hydrogen-bond donors (Lipinski definition) is 1. The molecular weight excluding hydrogens is 478 g/mol. The van der Waals surface area contributed by atoms with Crippen LogP contribution in [0.2, 0.25) is 5.02 Å². The molecule has 1 spiro atoms. The number of para-hydroxylation sites is 1. The quantitative estimate of drug-likeness (QED) is 0.245. The predicted molar refractivity (Wildman–Crippen MR) is 143 cm³/mol. The first-order valence-electron chi connectivity index (χ1n) is 12.0. The highest BCUT2D eigenvalue weighted by atomic mass is 35.5. The molecule has 1 fully saturated rings. The molecule has 1 N–H and O–H groups in total. The van der Waals surface area contributed by atoms with Gasteiger partial charge in [-0.15, -0.1) is 6.58 Å². The van der Waals surface area contributed by atoms with E-state index in [1.165, 1.54) is 23.7 Å². The second-order valence-corrected chi connectivity index (χ2v) is 10.7. The first-order chi connectivity index (χ1) is 17.0. The molecule has 1 heterocycles. The molecule has 0 aliphatic heterocycles. The number of nitrogens with zero attached hydrogens (tertiary/aromatic N) is 2. The Bertz CT molecular complexity index is 1340. The Morgan fingerprint density at radius 1 is 1.14 bits per heavy atom. The highest BCUT2D eigenvalue weighted by molar-refractivity contribution is 7.99. The Morgan fingerprint density at radius 3 is 2.66 bits per heavy atom. The van der Waals surface area contributed by atoms with Crippen LogP contribution in [0.15, 0.2) is 71.1 Å². The molecule has 0 saturated heterocycles. The summed E-state index contributed by atoms with van der Waals surface area (Å²) in [6, 6.07) is 15.4. The van der Waals surface area contributed by atoms with Crippen molar-refractivity contribution in [3.05, 3.63) is 87.7 Å². The molecule has 0 atom stereocenters. The Labute approximate surface area is 214 Å². The molecule has 35 heavy (non-hydrogen) atoms. The lowest BCUT2D eigenvalue weighted by atomic mass is 9.62. The number of anilines is 1. The molecule has 5 rings (SSSR count). The van der Waals surface area contributed by atoms with E-state index in [-0.39, 0.29) is 22.6 Å². The summed E-state index contributed by atoms with van der Waals surface area (Å²) in [5.74, 6) is -0.0928. The van der Waals surface area contributed by atoms with Crippen molar-refractivity contribution >= 4 is 35.0 Å². The number of nitrogens with one attached hydrogen (secondary N) is 1. The Kier molecular flexibility index (Phi) is 6.85. The van der Waals surface area contributed by atoms with Crippen LogP contribution in [0.1, 0.15) is 43.2 Å². The molecule has 1 saturated carbocycles. The SMILES string of the molecule is C=CCn1c(SCC(=O)Nc2ccccc2Cl)nc2c(c1=O)C1(CCCCC1)Cc1ccccc1-2. The van der Waals surface area contributed by atoms with Gasteiger partial charge in [0.2, 0.25) is 5.91 Å². The number of allylic oxidation sites excluding steroid dienone is 1. The minimum absolute atomic E-state index is 0.000292. The van der Waals surface area contributed by atoms with Crippen LogP contribution in [0.4, 0.5) is 5.69 Å². The first-order valence-corrected chi connectivity index (χ1v) is 13.4. The summed E-state index contributed by atoms with van der Waals surface area (Å²) < 4.78 is 1.68. The molecule has 2 aromatic carbocycles. The van der Waals surface area contributed by atoms with Crippen molar-refractivity contribution in [1.82, 2.24) is 9.55 Å². The van der Waals surface area contributed by atoms with Crippen LogP contribution in [0, 0.1) is 0 Å². The van der Waals surface area contributed by atoms with Crippen molar-refractivity contribution in [3.8, 4) is 11.3 Å². The van der Waals surface area contributed by atoms with E-state index in [1.54, 1.807) is 22.8 Å². The molecule has 180 valence electrons. The summed E-state index contributed by atoms with van der Waals surface area (Å²) in [6.07, 6.45) is 8.07. The van der Waals surface area contributed by atoms with E-state index in [9.17, 15) is 9.59 Å². The second kappa shape index (κ2) is 10.0. The van der Waals surface area contributed by atoms with E-state index in [0.29, 0.717) is 22.4 Å². The van der Waals surface area contributed by atoms with E-state index in [4.69, 9.17) is 16.6 Å². The van der Waals surface area contributed by atoms with Crippen molar-refractivity contribution in [1.29, 1.82) is 0 Å². The molecule has 5 nitrogen and oxygen atoms in total. The maximum Gasteiger partial charge on any atom is 0.258 e. The number of carbonyl (C=O) groups excluding carboxylic acids is 1. The molecule has 2 aliphatic carbocycles. The largest absolute Gasteiger partial charge is 0.324 e. The van der Waals surface area contributed by atoms with Gasteiger partial charge in [0.1, 0.15) is 0 Å². The van der Waals surface area contributed by atoms with Crippen LogP contribution < -0.4 is 10.9 Å². The molecule has 7 heteroatoms. The third-order valence-electron chi connectivity index (χ3n) is 7.07. The zero-order chi connectivity index (χ0) is 24.4. The summed E-state index contributed by atoms with van der Waals surface area (Å²) in [7, 11) is 0. The molecule has 0 bridgehead atoms. The van der Waals surface area contributed by atoms with Gasteiger partial charge in [0.05, 0.1) is 27.7 Å². The molecule has 1 aromatic heterocycles. The van der Waals surface area contributed by atoms with Crippen LogP contribution in [0.5, 0.6) is 0 Å². The standard InChI is InChI=1S/C28H28ClN3O2S/c1-2-16-32-26(34)24-25(20-11-5-4-10-19(20)17-28(24)14-8-3-9-15-28)31-27(32)35-18-23(33)30-22-13-7-6-12-21(22)29/h2,4-7,10-13H,1,3,8-9,14-18H2,(H,30,33). The maximum atomic E-state index is 14.0. The lowest BCUT2D eigenvalue weighted by molar-refractivity contribution is -0.113. The topological polar surface area (TPSA) is 64.0 Å². The van der Waals surface area contributed by atoms with Gasteiger partial charge in [-0.2, -0.15) is 0 Å². The van der Waals surface area contributed by atoms with Gasteiger partial charge in [-0.1, -0.05) is 85.1 Å². The smallest absolute Gasteiger partial charge is 0.258 e. The van der Waals surface area contributed by atoms with E-state index in [1.807, 2.05) is 18.2 Å². The molecule has 3 aromatic rings. The average Bonchev–Trinajstić information content (AvgIpc) is 2.86. The summed E-state index contributed by atoms with van der Waals surface area (Å²) in [4.78, 5) is 31.8. The fourth-order valence-electron chi connectivity index (χ4n) is 5.50. The van der Waals surface area contributed by atoms with Gasteiger partial charge >= 0.3 is 0 Å². The minimum Gasteiger partial charge on any atom is -0.324 e. The number of rotatable bonds is 6. The summed E-state index contributed by atoms with van der Waals surface area (Å²) in [5.41, 5.74) is 4.32. The fraction of sp³-hybridized carbons (Fsp3) is 0.321. The highest BCUT2D eigenvalue weighted by Crippen LogP contribution is 2.48. The summed E-state index contributed by atoms with van der Waals surface area (Å²) in [6.45, 7) is 4.21. The first kappa shape index (κ1) is 23.9. The lowest BCUT2D eigenvalue weighted by Crippen LogP contribution is -2.43. The third-order valence-corrected chi connectivity index (χ3v) is 8.37. The number of amides is 1. The number of carbonyl (C=O) groups is 1. The van der Waals surface area contributed by atoms with Gasteiger partial charge < -0.3 is 5.32 Å². The van der Waals surface area contributed by atoms with Crippen LogP contribution in [-0.4, -0.2) is 21.2 Å². The van der Waals surface area contributed by atoms with Crippen molar-refractivity contribution < 1.29 is 4.79 Å². The van der Waals surface area contributed by atoms with Gasteiger partial charge in [-0.25, -0.2) is 4.98 Å². The van der Waals surface area contributed by atoms with Crippen molar-refractivity contribution in [3.63, 3.8) is 0 Å². The van der Waals surface area contributed by atoms with Crippen LogP contribution in [0.25, 0.3) is 11.3 Å². The zero-order valence-corrected chi connectivity index (χ0v) is 21.1. The molecule has 1 amide bonds. The van der Waals surface area contributed by atoms with Gasteiger partial charge in [0.25, 0.3) is 5.56 Å². The maximum absolute atomic E-state index is 14.0. The Morgan fingerprint density at radius 2 is 1.89 bits per heavy atom. The third kappa shape index (κ3) is 4.57. The Balaban J connectivity index is 1.54. The van der Waals surface area contributed by atoms with Crippen molar-refractivity contribution in [2.75, 3.05) is 11.1 Å². The van der Waals surface area contributed by atoms with Gasteiger partial charge in [-0.05, 0) is 37.0 Å². The van der Waals surface area contributed by atoms with Crippen molar-refractivity contribution in [2.45, 2.75) is 55.6 Å². The normalized spacial score (nSPS) is 15.8. The number of hydrogen-bond acceptors (Lipinski definition) is 4. The fourth-order valence-corrected chi connectivity index (χ4v) is 6.49. The molecular formula is C28H28ClN3O2S. The second-order valence-electron chi connectivity index (χ2n) is 9.31. The van der Waals surface area contributed by atoms with Crippen LogP contribution >= 0.6 is 23.4 Å².